The molecule has 1 nitrogen and oxygen atoms in total. The van der Waals surface area contributed by atoms with Crippen LogP contribution in [-0.4, -0.2) is 5.54 Å². The number of rotatable bonds is 0. The largest absolute Gasteiger partial charge is 0.380 e. The van der Waals surface area contributed by atoms with Crippen LogP contribution in [0.3, 0.4) is 0 Å². The van der Waals surface area contributed by atoms with Crippen LogP contribution in [0.25, 0.3) is 0 Å². The minimum absolute atomic E-state index is 0.227. The van der Waals surface area contributed by atoms with E-state index in [4.69, 9.17) is 0 Å². The molecule has 1 aromatic rings. The van der Waals surface area contributed by atoms with Crippen LogP contribution in [0.1, 0.15) is 49.8 Å². The number of anilines is 1. The summed E-state index contributed by atoms with van der Waals surface area (Å²) in [5, 5.41) is 3.68. The van der Waals surface area contributed by atoms with Crippen LogP contribution in [0.15, 0.2) is 12.1 Å². The van der Waals surface area contributed by atoms with Crippen molar-refractivity contribution in [3.8, 4) is 0 Å². The zero-order valence-electron chi connectivity index (χ0n) is 10.4. The summed E-state index contributed by atoms with van der Waals surface area (Å²) >= 11 is 0. The molecule has 0 amide bonds. The Morgan fingerprint density at radius 2 is 1.93 bits per heavy atom. The molecule has 0 saturated carbocycles. The summed E-state index contributed by atoms with van der Waals surface area (Å²) in [5.41, 5.74) is 5.87. The lowest BCUT2D eigenvalue weighted by Gasteiger charge is -2.38. The lowest BCUT2D eigenvalue weighted by Crippen LogP contribution is -2.37. The highest BCUT2D eigenvalue weighted by Gasteiger charge is 2.29. The monoisotopic (exact) mass is 203 g/mol. The molecule has 0 radical (unpaired) electrons. The summed E-state index contributed by atoms with van der Waals surface area (Å²) in [5.74, 6) is 0.663. The van der Waals surface area contributed by atoms with Gasteiger partial charge in [-0.05, 0) is 56.7 Å². The first-order chi connectivity index (χ1) is 6.91. The summed E-state index contributed by atoms with van der Waals surface area (Å²) in [6.45, 7) is 11.3. The van der Waals surface area contributed by atoms with Gasteiger partial charge in [-0.2, -0.15) is 0 Å². The first-order valence-corrected chi connectivity index (χ1v) is 5.79. The third kappa shape index (κ3) is 1.75. The average molecular weight is 203 g/mol. The van der Waals surface area contributed by atoms with Crippen molar-refractivity contribution in [3.05, 3.63) is 28.8 Å². The molecule has 82 valence electrons. The number of benzene rings is 1. The molecule has 1 N–H and O–H groups in total. The van der Waals surface area contributed by atoms with E-state index in [0.717, 1.165) is 0 Å². The number of fused-ring (bicyclic) bond motifs is 1. The van der Waals surface area contributed by atoms with Gasteiger partial charge in [-0.15, -0.1) is 0 Å². The van der Waals surface area contributed by atoms with Crippen LogP contribution in [0.2, 0.25) is 0 Å². The maximum absolute atomic E-state index is 3.68. The van der Waals surface area contributed by atoms with Crippen LogP contribution < -0.4 is 5.32 Å². The topological polar surface area (TPSA) is 12.0 Å². The van der Waals surface area contributed by atoms with Crippen molar-refractivity contribution >= 4 is 5.69 Å². The zero-order chi connectivity index (χ0) is 11.2. The summed E-state index contributed by atoms with van der Waals surface area (Å²) < 4.78 is 0. The third-order valence-electron chi connectivity index (χ3n) is 3.58. The third-order valence-corrected chi connectivity index (χ3v) is 3.58. The minimum atomic E-state index is 0.227. The predicted octanol–water partition coefficient (Wildman–Crippen LogP) is 4.00. The van der Waals surface area contributed by atoms with Crippen molar-refractivity contribution in [1.82, 2.24) is 0 Å². The number of hydrogen-bond acceptors (Lipinski definition) is 1. The Bertz CT molecular complexity index is 391. The fourth-order valence-electron chi connectivity index (χ4n) is 2.68. The lowest BCUT2D eigenvalue weighted by molar-refractivity contribution is 0.453. The summed E-state index contributed by atoms with van der Waals surface area (Å²) in [7, 11) is 0. The number of aryl methyl sites for hydroxylation is 1. The van der Waals surface area contributed by atoms with Crippen LogP contribution in [0, 0.1) is 13.8 Å². The molecule has 1 atom stereocenters. The van der Waals surface area contributed by atoms with Crippen LogP contribution in [-0.2, 0) is 0 Å². The Morgan fingerprint density at radius 1 is 1.27 bits per heavy atom. The van der Waals surface area contributed by atoms with Crippen molar-refractivity contribution < 1.29 is 0 Å². The zero-order valence-corrected chi connectivity index (χ0v) is 10.4. The first kappa shape index (κ1) is 10.5. The molecule has 0 saturated heterocycles. The lowest BCUT2D eigenvalue weighted by atomic mass is 9.80. The number of hydrogen-bond donors (Lipinski definition) is 1. The molecule has 0 fully saturated rings. The van der Waals surface area contributed by atoms with Gasteiger partial charge in [0.1, 0.15) is 0 Å². The highest BCUT2D eigenvalue weighted by Crippen LogP contribution is 2.40. The molecule has 0 aliphatic carbocycles. The molecule has 2 rings (SSSR count). The van der Waals surface area contributed by atoms with Crippen molar-refractivity contribution in [3.63, 3.8) is 0 Å². The molecule has 0 spiro atoms. The van der Waals surface area contributed by atoms with Gasteiger partial charge in [-0.25, -0.2) is 0 Å². The smallest absolute Gasteiger partial charge is 0.0411 e. The predicted molar refractivity (Wildman–Crippen MR) is 66.6 cm³/mol. The maximum atomic E-state index is 3.68. The Balaban J connectivity index is 2.56. The van der Waals surface area contributed by atoms with E-state index in [1.807, 2.05) is 0 Å². The normalized spacial score (nSPS) is 23.1. The molecule has 0 aromatic heterocycles. The van der Waals surface area contributed by atoms with Crippen LogP contribution in [0.5, 0.6) is 0 Å². The fraction of sp³-hybridized carbons (Fsp3) is 0.571. The highest BCUT2D eigenvalue weighted by atomic mass is 15.0. The fourth-order valence-corrected chi connectivity index (χ4v) is 2.68. The molecule has 1 heteroatoms. The van der Waals surface area contributed by atoms with E-state index in [2.05, 4.69) is 52.1 Å². The maximum Gasteiger partial charge on any atom is 0.0411 e. The SMILES string of the molecule is Cc1ccc2c(c1C)NC(C)(C)CC2C. The Morgan fingerprint density at radius 3 is 2.60 bits per heavy atom. The molecular formula is C14H21N. The second kappa shape index (κ2) is 3.26. The highest BCUT2D eigenvalue weighted by molar-refractivity contribution is 5.63. The first-order valence-electron chi connectivity index (χ1n) is 5.79. The van der Waals surface area contributed by atoms with Gasteiger partial charge < -0.3 is 5.32 Å². The molecule has 1 heterocycles. The molecule has 1 unspecified atom stereocenters. The van der Waals surface area contributed by atoms with E-state index in [1.54, 1.807) is 0 Å². The molecule has 0 bridgehead atoms. The van der Waals surface area contributed by atoms with E-state index in [-0.39, 0.29) is 5.54 Å². The van der Waals surface area contributed by atoms with Crippen LogP contribution >= 0.6 is 0 Å². The van der Waals surface area contributed by atoms with E-state index in [9.17, 15) is 0 Å². The van der Waals surface area contributed by atoms with Gasteiger partial charge in [0.2, 0.25) is 0 Å². The van der Waals surface area contributed by atoms with Crippen molar-refractivity contribution in [2.45, 2.75) is 52.5 Å². The second-order valence-electron chi connectivity index (χ2n) is 5.59. The Kier molecular flexibility index (Phi) is 2.29. The summed E-state index contributed by atoms with van der Waals surface area (Å²) in [6.07, 6.45) is 1.21. The summed E-state index contributed by atoms with van der Waals surface area (Å²) in [4.78, 5) is 0. The van der Waals surface area contributed by atoms with Gasteiger partial charge in [-0.3, -0.25) is 0 Å². The Labute approximate surface area is 92.9 Å². The van der Waals surface area contributed by atoms with Gasteiger partial charge in [-0.1, -0.05) is 19.1 Å². The summed E-state index contributed by atoms with van der Waals surface area (Å²) in [6, 6.07) is 4.52. The second-order valence-corrected chi connectivity index (χ2v) is 5.59. The van der Waals surface area contributed by atoms with Crippen molar-refractivity contribution in [2.24, 2.45) is 0 Å². The van der Waals surface area contributed by atoms with Crippen molar-refractivity contribution in [1.29, 1.82) is 0 Å². The van der Waals surface area contributed by atoms with Crippen LogP contribution in [0.4, 0.5) is 5.69 Å². The molecular weight excluding hydrogens is 182 g/mol. The van der Waals surface area contributed by atoms with Gasteiger partial charge in [0.15, 0.2) is 0 Å². The standard InChI is InChI=1S/C14H21N/c1-9-6-7-12-10(2)8-14(4,5)15-13(12)11(9)3/h6-7,10,15H,8H2,1-5H3. The van der Waals surface area contributed by atoms with E-state index in [0.29, 0.717) is 5.92 Å². The van der Waals surface area contributed by atoms with Gasteiger partial charge in [0.25, 0.3) is 0 Å². The van der Waals surface area contributed by atoms with E-state index >= 15 is 0 Å². The minimum Gasteiger partial charge on any atom is -0.380 e. The van der Waals surface area contributed by atoms with E-state index < -0.39 is 0 Å². The van der Waals surface area contributed by atoms with Gasteiger partial charge in [0, 0.05) is 11.2 Å². The quantitative estimate of drug-likeness (QED) is 0.672. The van der Waals surface area contributed by atoms with Crippen molar-refractivity contribution in [2.75, 3.05) is 5.32 Å². The number of nitrogens with one attached hydrogen (secondary N) is 1. The van der Waals surface area contributed by atoms with Gasteiger partial charge >= 0.3 is 0 Å². The average Bonchev–Trinajstić information content (AvgIpc) is 2.10. The molecule has 1 aliphatic heterocycles. The Hall–Kier alpha value is -0.980. The van der Waals surface area contributed by atoms with E-state index in [1.165, 1.54) is 28.8 Å². The molecule has 1 aliphatic rings. The van der Waals surface area contributed by atoms with Gasteiger partial charge in [0.05, 0.1) is 0 Å². The molecule has 15 heavy (non-hydrogen) atoms. The molecule has 1 aromatic carbocycles.